The largest absolute Gasteiger partial charge is 0.295 e. The molecule has 0 aliphatic carbocycles. The minimum Gasteiger partial charge on any atom is -0.295 e. The average Bonchev–Trinajstić information content (AvgIpc) is 2.13. The van der Waals surface area contributed by atoms with E-state index < -0.39 is 0 Å². The standard InChI is InChI=1S/C14H24O/c1-6-7-13(15)9-11-14(4,5)10-8-12(2)3/h8-9,11H,6-7,10H2,1-5H3/b11-9+. The van der Waals surface area contributed by atoms with E-state index >= 15 is 0 Å². The quantitative estimate of drug-likeness (QED) is 0.470. The molecule has 0 saturated heterocycles. The van der Waals surface area contributed by atoms with Crippen LogP contribution < -0.4 is 0 Å². The maximum Gasteiger partial charge on any atom is 0.155 e. The Morgan fingerprint density at radius 2 is 1.87 bits per heavy atom. The zero-order valence-electron chi connectivity index (χ0n) is 10.8. The van der Waals surface area contributed by atoms with Crippen molar-refractivity contribution in [3.8, 4) is 0 Å². The number of carbonyl (C=O) groups excluding carboxylic acids is 1. The van der Waals surface area contributed by atoms with Crippen LogP contribution in [0.1, 0.15) is 53.9 Å². The Bertz CT molecular complexity index is 253. The van der Waals surface area contributed by atoms with E-state index in [-0.39, 0.29) is 11.2 Å². The van der Waals surface area contributed by atoms with E-state index in [0.29, 0.717) is 6.42 Å². The molecule has 0 aliphatic heterocycles. The van der Waals surface area contributed by atoms with Crippen LogP contribution in [0.25, 0.3) is 0 Å². The van der Waals surface area contributed by atoms with Gasteiger partial charge in [-0.2, -0.15) is 0 Å². The summed E-state index contributed by atoms with van der Waals surface area (Å²) in [6.45, 7) is 10.5. The SMILES string of the molecule is CCCC(=O)/C=C/C(C)(C)CC=C(C)C. The smallest absolute Gasteiger partial charge is 0.155 e. The number of ketones is 1. The van der Waals surface area contributed by atoms with Crippen LogP contribution >= 0.6 is 0 Å². The Kier molecular flexibility index (Phi) is 6.23. The molecule has 86 valence electrons. The van der Waals surface area contributed by atoms with Gasteiger partial charge in [0.15, 0.2) is 5.78 Å². The highest BCUT2D eigenvalue weighted by Gasteiger charge is 2.12. The minimum absolute atomic E-state index is 0.0840. The second-order valence-corrected chi connectivity index (χ2v) is 5.02. The van der Waals surface area contributed by atoms with Gasteiger partial charge in [0.1, 0.15) is 0 Å². The van der Waals surface area contributed by atoms with E-state index in [0.717, 1.165) is 12.8 Å². The molecule has 0 amide bonds. The molecular formula is C14H24O. The molecule has 1 heteroatoms. The Balaban J connectivity index is 4.24. The van der Waals surface area contributed by atoms with Crippen LogP contribution in [-0.2, 0) is 4.79 Å². The molecule has 1 nitrogen and oxygen atoms in total. The fraction of sp³-hybridized carbons (Fsp3) is 0.643. The number of carbonyl (C=O) groups is 1. The van der Waals surface area contributed by atoms with Gasteiger partial charge in [-0.15, -0.1) is 0 Å². The van der Waals surface area contributed by atoms with Crippen molar-refractivity contribution in [1.82, 2.24) is 0 Å². The maximum absolute atomic E-state index is 11.3. The lowest BCUT2D eigenvalue weighted by Crippen LogP contribution is -2.07. The summed E-state index contributed by atoms with van der Waals surface area (Å²) in [6, 6.07) is 0. The molecule has 0 unspecified atom stereocenters. The topological polar surface area (TPSA) is 17.1 Å². The van der Waals surface area contributed by atoms with Crippen molar-refractivity contribution < 1.29 is 4.79 Å². The van der Waals surface area contributed by atoms with Crippen LogP contribution in [0.3, 0.4) is 0 Å². The predicted molar refractivity (Wildman–Crippen MR) is 66.9 cm³/mol. The normalized spacial score (nSPS) is 11.8. The summed E-state index contributed by atoms with van der Waals surface area (Å²) in [5.41, 5.74) is 1.41. The van der Waals surface area contributed by atoms with Crippen LogP contribution in [0.15, 0.2) is 23.8 Å². The first-order chi connectivity index (χ1) is 6.87. The van der Waals surface area contributed by atoms with Crippen molar-refractivity contribution in [1.29, 1.82) is 0 Å². The molecular weight excluding hydrogens is 184 g/mol. The van der Waals surface area contributed by atoms with Crippen molar-refractivity contribution in [2.75, 3.05) is 0 Å². The number of rotatable bonds is 6. The van der Waals surface area contributed by atoms with Gasteiger partial charge in [0.2, 0.25) is 0 Å². The third-order valence-corrected chi connectivity index (χ3v) is 2.25. The Labute approximate surface area is 94.3 Å². The van der Waals surface area contributed by atoms with Gasteiger partial charge in [-0.05, 0) is 38.2 Å². The summed E-state index contributed by atoms with van der Waals surface area (Å²) in [6.07, 6.45) is 8.57. The predicted octanol–water partition coefficient (Wildman–Crippen LogP) is 4.29. The van der Waals surface area contributed by atoms with E-state index in [2.05, 4.69) is 33.8 Å². The fourth-order valence-corrected chi connectivity index (χ4v) is 1.18. The Morgan fingerprint density at radius 1 is 1.27 bits per heavy atom. The van der Waals surface area contributed by atoms with E-state index in [9.17, 15) is 4.79 Å². The van der Waals surface area contributed by atoms with Crippen LogP contribution in [0, 0.1) is 5.41 Å². The molecule has 0 bridgehead atoms. The van der Waals surface area contributed by atoms with Crippen molar-refractivity contribution in [2.45, 2.75) is 53.9 Å². The molecule has 0 spiro atoms. The van der Waals surface area contributed by atoms with Gasteiger partial charge in [0.25, 0.3) is 0 Å². The van der Waals surface area contributed by atoms with Crippen LogP contribution in [0.5, 0.6) is 0 Å². The minimum atomic E-state index is 0.0840. The Morgan fingerprint density at radius 3 is 2.33 bits per heavy atom. The first kappa shape index (κ1) is 14.2. The first-order valence-corrected chi connectivity index (χ1v) is 5.73. The van der Waals surface area contributed by atoms with Gasteiger partial charge < -0.3 is 0 Å². The second-order valence-electron chi connectivity index (χ2n) is 5.02. The van der Waals surface area contributed by atoms with E-state index in [1.165, 1.54) is 5.57 Å². The van der Waals surface area contributed by atoms with Crippen molar-refractivity contribution in [3.63, 3.8) is 0 Å². The van der Waals surface area contributed by atoms with Crippen molar-refractivity contribution in [3.05, 3.63) is 23.8 Å². The molecule has 0 heterocycles. The summed E-state index contributed by atoms with van der Waals surface area (Å²) in [7, 11) is 0. The lowest BCUT2D eigenvalue weighted by Gasteiger charge is -2.17. The highest BCUT2D eigenvalue weighted by atomic mass is 16.1. The van der Waals surface area contributed by atoms with Crippen molar-refractivity contribution in [2.24, 2.45) is 5.41 Å². The molecule has 0 aliphatic rings. The molecule has 0 saturated carbocycles. The number of hydrogen-bond acceptors (Lipinski definition) is 1. The van der Waals surface area contributed by atoms with Gasteiger partial charge in [-0.25, -0.2) is 0 Å². The van der Waals surface area contributed by atoms with Gasteiger partial charge in [0.05, 0.1) is 0 Å². The van der Waals surface area contributed by atoms with Gasteiger partial charge in [0, 0.05) is 6.42 Å². The zero-order valence-corrected chi connectivity index (χ0v) is 10.8. The summed E-state index contributed by atoms with van der Waals surface area (Å²) in [4.78, 5) is 11.3. The maximum atomic E-state index is 11.3. The lowest BCUT2D eigenvalue weighted by atomic mass is 9.87. The molecule has 0 radical (unpaired) electrons. The fourth-order valence-electron chi connectivity index (χ4n) is 1.18. The van der Waals surface area contributed by atoms with Crippen molar-refractivity contribution >= 4 is 5.78 Å². The third kappa shape index (κ3) is 8.17. The number of hydrogen-bond donors (Lipinski definition) is 0. The summed E-state index contributed by atoms with van der Waals surface area (Å²) in [5, 5.41) is 0. The summed E-state index contributed by atoms with van der Waals surface area (Å²) < 4.78 is 0. The second kappa shape index (κ2) is 6.60. The molecule has 0 atom stereocenters. The zero-order chi connectivity index (χ0) is 11.9. The van der Waals surface area contributed by atoms with E-state index in [1.807, 2.05) is 13.0 Å². The van der Waals surface area contributed by atoms with Gasteiger partial charge >= 0.3 is 0 Å². The molecule has 0 N–H and O–H groups in total. The van der Waals surface area contributed by atoms with E-state index in [1.54, 1.807) is 6.08 Å². The molecule has 15 heavy (non-hydrogen) atoms. The van der Waals surface area contributed by atoms with Crippen LogP contribution in [-0.4, -0.2) is 5.78 Å². The molecule has 0 rings (SSSR count). The summed E-state index contributed by atoms with van der Waals surface area (Å²) >= 11 is 0. The molecule has 0 aromatic rings. The molecule has 0 aromatic heterocycles. The van der Waals surface area contributed by atoms with Gasteiger partial charge in [-0.3, -0.25) is 4.79 Å². The summed E-state index contributed by atoms with van der Waals surface area (Å²) in [5.74, 6) is 0.239. The highest BCUT2D eigenvalue weighted by Crippen LogP contribution is 2.23. The average molecular weight is 208 g/mol. The first-order valence-electron chi connectivity index (χ1n) is 5.73. The monoisotopic (exact) mass is 208 g/mol. The lowest BCUT2D eigenvalue weighted by molar-refractivity contribution is -0.114. The van der Waals surface area contributed by atoms with Crippen LogP contribution in [0.2, 0.25) is 0 Å². The highest BCUT2D eigenvalue weighted by molar-refractivity contribution is 5.89. The number of allylic oxidation sites excluding steroid dienone is 4. The van der Waals surface area contributed by atoms with E-state index in [4.69, 9.17) is 0 Å². The Hall–Kier alpha value is -0.850. The molecule has 0 aromatic carbocycles. The molecule has 0 fully saturated rings. The third-order valence-electron chi connectivity index (χ3n) is 2.25. The van der Waals surface area contributed by atoms with Crippen LogP contribution in [0.4, 0.5) is 0 Å². The van der Waals surface area contributed by atoms with Gasteiger partial charge in [-0.1, -0.05) is 38.5 Å².